The Balaban J connectivity index is 2.25. The van der Waals surface area contributed by atoms with E-state index in [1.165, 1.54) is 0 Å². The van der Waals surface area contributed by atoms with Crippen LogP contribution in [-0.2, 0) is 6.42 Å². The van der Waals surface area contributed by atoms with Crippen molar-refractivity contribution in [3.05, 3.63) is 52.6 Å². The summed E-state index contributed by atoms with van der Waals surface area (Å²) in [7, 11) is 0. The van der Waals surface area contributed by atoms with E-state index in [-0.39, 0.29) is 5.91 Å². The van der Waals surface area contributed by atoms with Gasteiger partial charge in [-0.2, -0.15) is 0 Å². The number of carbonyl (C=O) groups is 1. The van der Waals surface area contributed by atoms with Crippen molar-refractivity contribution in [1.29, 1.82) is 0 Å². The van der Waals surface area contributed by atoms with Crippen LogP contribution in [0.25, 0.3) is 0 Å². The third kappa shape index (κ3) is 3.29. The van der Waals surface area contributed by atoms with Gasteiger partial charge in [0.25, 0.3) is 5.91 Å². The predicted molar refractivity (Wildman–Crippen MR) is 75.6 cm³/mol. The number of halogens is 1. The van der Waals surface area contributed by atoms with E-state index < -0.39 is 0 Å². The van der Waals surface area contributed by atoms with Crippen molar-refractivity contribution in [1.82, 2.24) is 9.97 Å². The van der Waals surface area contributed by atoms with Crippen molar-refractivity contribution in [3.63, 3.8) is 0 Å². The topological polar surface area (TPSA) is 54.9 Å². The fraction of sp³-hybridized carbons (Fsp3) is 0.214. The molecule has 19 heavy (non-hydrogen) atoms. The molecule has 2 rings (SSSR count). The second kappa shape index (κ2) is 5.80. The Morgan fingerprint density at radius 1 is 1.42 bits per heavy atom. The maximum absolute atomic E-state index is 12.2. The first-order chi connectivity index (χ1) is 9.10. The number of carbonyl (C=O) groups excluding carboxylic acids is 1. The number of nitrogens with zero attached hydrogens (tertiary/aromatic N) is 2. The number of aromatic nitrogens is 2. The van der Waals surface area contributed by atoms with E-state index in [0.29, 0.717) is 16.4 Å². The molecule has 2 aromatic rings. The normalized spacial score (nSPS) is 10.3. The number of hydrogen-bond donors (Lipinski definition) is 1. The zero-order valence-corrected chi connectivity index (χ0v) is 11.5. The van der Waals surface area contributed by atoms with E-state index in [0.717, 1.165) is 17.7 Å². The summed E-state index contributed by atoms with van der Waals surface area (Å²) in [6, 6.07) is 5.14. The van der Waals surface area contributed by atoms with E-state index in [2.05, 4.69) is 15.3 Å². The van der Waals surface area contributed by atoms with Crippen molar-refractivity contribution < 1.29 is 4.79 Å². The number of nitrogens with one attached hydrogen (secondary N) is 1. The van der Waals surface area contributed by atoms with Crippen molar-refractivity contribution in [2.24, 2.45) is 0 Å². The molecule has 0 saturated carbocycles. The molecule has 0 aliphatic carbocycles. The molecule has 98 valence electrons. The zero-order valence-electron chi connectivity index (χ0n) is 10.8. The first-order valence-electron chi connectivity index (χ1n) is 5.98. The molecular weight excluding hydrogens is 262 g/mol. The second-order valence-corrected chi connectivity index (χ2v) is 4.56. The van der Waals surface area contributed by atoms with E-state index in [1.807, 2.05) is 19.9 Å². The molecule has 2 heterocycles. The lowest BCUT2D eigenvalue weighted by Gasteiger charge is -2.08. The summed E-state index contributed by atoms with van der Waals surface area (Å²) in [6.07, 6.45) is 4.03. The largest absolute Gasteiger partial charge is 0.320 e. The molecule has 0 radical (unpaired) electrons. The lowest BCUT2D eigenvalue weighted by molar-refractivity contribution is 0.102. The fourth-order valence-electron chi connectivity index (χ4n) is 1.65. The maximum Gasteiger partial charge on any atom is 0.255 e. The molecule has 0 fully saturated rings. The van der Waals surface area contributed by atoms with Crippen LogP contribution in [0.5, 0.6) is 0 Å². The van der Waals surface area contributed by atoms with Gasteiger partial charge in [-0.1, -0.05) is 18.5 Å². The van der Waals surface area contributed by atoms with Crippen LogP contribution in [0.3, 0.4) is 0 Å². The number of aryl methyl sites for hydroxylation is 2. The van der Waals surface area contributed by atoms with Gasteiger partial charge in [0.1, 0.15) is 5.15 Å². The van der Waals surface area contributed by atoms with E-state index >= 15 is 0 Å². The van der Waals surface area contributed by atoms with Crippen LogP contribution in [0.15, 0.2) is 30.6 Å². The minimum Gasteiger partial charge on any atom is -0.320 e. The van der Waals surface area contributed by atoms with Gasteiger partial charge in [-0.25, -0.2) is 4.98 Å². The van der Waals surface area contributed by atoms with Crippen LogP contribution < -0.4 is 5.32 Å². The first kappa shape index (κ1) is 13.5. The highest BCUT2D eigenvalue weighted by Crippen LogP contribution is 2.16. The molecule has 0 spiro atoms. The highest BCUT2D eigenvalue weighted by Gasteiger charge is 2.10. The fourth-order valence-corrected chi connectivity index (χ4v) is 1.88. The Labute approximate surface area is 116 Å². The van der Waals surface area contributed by atoms with Gasteiger partial charge in [-0.05, 0) is 37.1 Å². The standard InChI is InChI=1S/C14H14ClN3O/c1-3-11-6-10(7-13(15)17-11)14(19)18-12-8-16-5-4-9(12)2/h4-8H,3H2,1-2H3,(H,18,19). The number of amides is 1. The van der Waals surface area contributed by atoms with E-state index in [1.54, 1.807) is 24.5 Å². The Morgan fingerprint density at radius 3 is 2.89 bits per heavy atom. The molecule has 5 heteroatoms. The van der Waals surface area contributed by atoms with Crippen LogP contribution in [0.4, 0.5) is 5.69 Å². The van der Waals surface area contributed by atoms with Gasteiger partial charge in [0.05, 0.1) is 11.9 Å². The number of pyridine rings is 2. The van der Waals surface area contributed by atoms with Gasteiger partial charge in [-0.3, -0.25) is 9.78 Å². The van der Waals surface area contributed by atoms with Crippen LogP contribution >= 0.6 is 11.6 Å². The smallest absolute Gasteiger partial charge is 0.255 e. The highest BCUT2D eigenvalue weighted by molar-refractivity contribution is 6.29. The van der Waals surface area contributed by atoms with Crippen molar-refractivity contribution in [2.75, 3.05) is 5.32 Å². The highest BCUT2D eigenvalue weighted by atomic mass is 35.5. The van der Waals surface area contributed by atoms with Crippen LogP contribution in [-0.4, -0.2) is 15.9 Å². The second-order valence-electron chi connectivity index (χ2n) is 4.17. The van der Waals surface area contributed by atoms with Gasteiger partial charge in [0.2, 0.25) is 0 Å². The summed E-state index contributed by atoms with van der Waals surface area (Å²) >= 11 is 5.90. The quantitative estimate of drug-likeness (QED) is 0.875. The molecule has 0 unspecified atom stereocenters. The maximum atomic E-state index is 12.2. The average Bonchev–Trinajstić information content (AvgIpc) is 2.40. The SMILES string of the molecule is CCc1cc(C(=O)Nc2cnccc2C)cc(Cl)n1. The number of rotatable bonds is 3. The Bertz CT molecular complexity index is 613. The molecule has 0 atom stereocenters. The molecule has 0 aliphatic rings. The molecule has 0 aliphatic heterocycles. The molecule has 0 bridgehead atoms. The Morgan fingerprint density at radius 2 is 2.21 bits per heavy atom. The van der Waals surface area contributed by atoms with E-state index in [4.69, 9.17) is 11.6 Å². The van der Waals surface area contributed by atoms with Crippen molar-refractivity contribution in [3.8, 4) is 0 Å². The van der Waals surface area contributed by atoms with Crippen molar-refractivity contribution in [2.45, 2.75) is 20.3 Å². The Hall–Kier alpha value is -1.94. The van der Waals surface area contributed by atoms with Crippen LogP contribution in [0, 0.1) is 6.92 Å². The molecule has 4 nitrogen and oxygen atoms in total. The summed E-state index contributed by atoms with van der Waals surface area (Å²) in [5, 5.41) is 3.14. The predicted octanol–water partition coefficient (Wildman–Crippen LogP) is 3.25. The summed E-state index contributed by atoms with van der Waals surface area (Å²) in [5.41, 5.74) is 2.94. The molecule has 1 amide bonds. The third-order valence-corrected chi connectivity index (χ3v) is 2.95. The molecule has 0 aromatic carbocycles. The summed E-state index contributed by atoms with van der Waals surface area (Å²) in [5.74, 6) is -0.213. The van der Waals surface area contributed by atoms with Gasteiger partial charge >= 0.3 is 0 Å². The van der Waals surface area contributed by atoms with Crippen molar-refractivity contribution >= 4 is 23.2 Å². The molecule has 0 saturated heterocycles. The minimum absolute atomic E-state index is 0.213. The summed E-state index contributed by atoms with van der Waals surface area (Å²) in [4.78, 5) is 20.3. The molecule has 2 aromatic heterocycles. The van der Waals surface area contributed by atoms with Crippen LogP contribution in [0.2, 0.25) is 5.15 Å². The zero-order chi connectivity index (χ0) is 13.8. The summed E-state index contributed by atoms with van der Waals surface area (Å²) in [6.45, 7) is 3.87. The third-order valence-electron chi connectivity index (χ3n) is 2.76. The lowest BCUT2D eigenvalue weighted by atomic mass is 10.2. The van der Waals surface area contributed by atoms with Crippen LogP contribution in [0.1, 0.15) is 28.5 Å². The molecule has 1 N–H and O–H groups in total. The minimum atomic E-state index is -0.213. The average molecular weight is 276 g/mol. The number of anilines is 1. The van der Waals surface area contributed by atoms with E-state index in [9.17, 15) is 4.79 Å². The van der Waals surface area contributed by atoms with Gasteiger partial charge in [0, 0.05) is 17.5 Å². The Kier molecular flexibility index (Phi) is 4.12. The van der Waals surface area contributed by atoms with Gasteiger partial charge in [0.15, 0.2) is 0 Å². The summed E-state index contributed by atoms with van der Waals surface area (Å²) < 4.78 is 0. The van der Waals surface area contributed by atoms with Gasteiger partial charge in [-0.15, -0.1) is 0 Å². The monoisotopic (exact) mass is 275 g/mol. The lowest BCUT2D eigenvalue weighted by Crippen LogP contribution is -2.13. The number of hydrogen-bond acceptors (Lipinski definition) is 3. The first-order valence-corrected chi connectivity index (χ1v) is 6.36. The van der Waals surface area contributed by atoms with Gasteiger partial charge < -0.3 is 5.32 Å². The molecular formula is C14H14ClN3O.